The van der Waals surface area contributed by atoms with Crippen LogP contribution in [0.3, 0.4) is 0 Å². The summed E-state index contributed by atoms with van der Waals surface area (Å²) >= 11 is 11.2. The molecule has 0 atom stereocenters. The van der Waals surface area contributed by atoms with Gasteiger partial charge in [-0.2, -0.15) is 5.26 Å². The molecule has 0 spiro atoms. The van der Waals surface area contributed by atoms with E-state index in [1.807, 2.05) is 47.8 Å². The number of nitriles is 1. The second kappa shape index (κ2) is 8.19. The summed E-state index contributed by atoms with van der Waals surface area (Å²) in [6, 6.07) is 15.5. The molecule has 7 heteroatoms. The summed E-state index contributed by atoms with van der Waals surface area (Å²) in [6.07, 6.45) is 3.40. The van der Waals surface area contributed by atoms with E-state index >= 15 is 0 Å². The molecule has 3 aromatic rings. The van der Waals surface area contributed by atoms with E-state index in [0.717, 1.165) is 27.0 Å². The molecule has 0 saturated heterocycles. The molecule has 0 radical (unpaired) electrons. The quantitative estimate of drug-likeness (QED) is 0.322. The van der Waals surface area contributed by atoms with Gasteiger partial charge in [0.15, 0.2) is 11.5 Å². The molecule has 28 heavy (non-hydrogen) atoms. The summed E-state index contributed by atoms with van der Waals surface area (Å²) in [7, 11) is 0. The molecule has 138 valence electrons. The molecule has 2 aromatic carbocycles. The third-order valence-electron chi connectivity index (χ3n) is 4.04. The van der Waals surface area contributed by atoms with Crippen LogP contribution in [0.15, 0.2) is 64.5 Å². The summed E-state index contributed by atoms with van der Waals surface area (Å²) in [5.41, 5.74) is 3.01. The van der Waals surface area contributed by atoms with Crippen LogP contribution in [0, 0.1) is 11.3 Å². The van der Waals surface area contributed by atoms with Gasteiger partial charge in [-0.25, -0.2) is 4.98 Å². The van der Waals surface area contributed by atoms with Gasteiger partial charge in [0.25, 0.3) is 0 Å². The molecular formula is C21H12BrClN2O2S. The highest BCUT2D eigenvalue weighted by atomic mass is 79.9. The fourth-order valence-electron chi connectivity index (χ4n) is 2.60. The standard InChI is InChI=1S/C21H12BrClN2O2S/c22-16-5-1-13(2-6-16)17(23)7-3-15(10-24)21-25-18(11-28-21)14-4-8-19-20(9-14)27-12-26-19/h1-9,11H,12H2. The minimum absolute atomic E-state index is 0.230. The summed E-state index contributed by atoms with van der Waals surface area (Å²) in [4.78, 5) is 4.59. The first-order valence-corrected chi connectivity index (χ1v) is 10.3. The highest BCUT2D eigenvalue weighted by Gasteiger charge is 2.15. The van der Waals surface area contributed by atoms with Crippen molar-refractivity contribution in [3.63, 3.8) is 0 Å². The van der Waals surface area contributed by atoms with Crippen molar-refractivity contribution >= 4 is 49.5 Å². The third-order valence-corrected chi connectivity index (χ3v) is 5.79. The van der Waals surface area contributed by atoms with Gasteiger partial charge in [0, 0.05) is 20.4 Å². The summed E-state index contributed by atoms with van der Waals surface area (Å²) < 4.78 is 11.7. The normalized spacial score (nSPS) is 13.5. The van der Waals surface area contributed by atoms with Gasteiger partial charge in [-0.3, -0.25) is 0 Å². The van der Waals surface area contributed by atoms with Gasteiger partial charge in [-0.05, 0) is 48.0 Å². The second-order valence-electron chi connectivity index (χ2n) is 5.82. The van der Waals surface area contributed by atoms with Crippen molar-refractivity contribution < 1.29 is 9.47 Å². The smallest absolute Gasteiger partial charge is 0.231 e. The summed E-state index contributed by atoms with van der Waals surface area (Å²) in [5.74, 6) is 1.43. The van der Waals surface area contributed by atoms with Gasteiger partial charge >= 0.3 is 0 Å². The maximum absolute atomic E-state index is 9.54. The lowest BCUT2D eigenvalue weighted by atomic mass is 10.1. The Morgan fingerprint density at radius 1 is 1.14 bits per heavy atom. The number of hydrogen-bond donors (Lipinski definition) is 0. The van der Waals surface area contributed by atoms with Gasteiger partial charge in [0.1, 0.15) is 11.1 Å². The molecule has 4 nitrogen and oxygen atoms in total. The molecule has 0 fully saturated rings. The Kier molecular flexibility index (Phi) is 5.49. The van der Waals surface area contributed by atoms with Crippen molar-refractivity contribution in [1.29, 1.82) is 5.26 Å². The van der Waals surface area contributed by atoms with Crippen molar-refractivity contribution in [2.45, 2.75) is 0 Å². The number of allylic oxidation sites excluding steroid dienone is 3. The number of benzene rings is 2. The molecule has 0 unspecified atom stereocenters. The molecule has 0 amide bonds. The van der Waals surface area contributed by atoms with Gasteiger partial charge in [-0.15, -0.1) is 11.3 Å². The van der Waals surface area contributed by atoms with Crippen molar-refractivity contribution in [2.75, 3.05) is 6.79 Å². The van der Waals surface area contributed by atoms with Crippen molar-refractivity contribution in [3.8, 4) is 28.8 Å². The van der Waals surface area contributed by atoms with E-state index in [1.165, 1.54) is 11.3 Å². The van der Waals surface area contributed by atoms with Crippen LogP contribution in [0.5, 0.6) is 11.5 Å². The molecule has 2 heterocycles. The first kappa shape index (κ1) is 18.8. The van der Waals surface area contributed by atoms with Crippen LogP contribution in [0.2, 0.25) is 0 Å². The maximum atomic E-state index is 9.54. The third kappa shape index (κ3) is 3.97. The lowest BCUT2D eigenvalue weighted by molar-refractivity contribution is 0.174. The number of rotatable bonds is 4. The fourth-order valence-corrected chi connectivity index (χ4v) is 3.86. The van der Waals surface area contributed by atoms with E-state index in [1.54, 1.807) is 12.2 Å². The highest BCUT2D eigenvalue weighted by Crippen LogP contribution is 2.36. The molecule has 0 bridgehead atoms. The Hall–Kier alpha value is -2.59. The number of nitrogens with zero attached hydrogens (tertiary/aromatic N) is 2. The number of ether oxygens (including phenoxy) is 2. The highest BCUT2D eigenvalue weighted by molar-refractivity contribution is 9.10. The lowest BCUT2D eigenvalue weighted by Crippen LogP contribution is -1.92. The average Bonchev–Trinajstić information content (AvgIpc) is 3.38. The van der Waals surface area contributed by atoms with Crippen LogP contribution in [0.4, 0.5) is 0 Å². The average molecular weight is 472 g/mol. The first-order valence-electron chi connectivity index (χ1n) is 8.23. The zero-order valence-corrected chi connectivity index (χ0v) is 17.5. The molecule has 4 rings (SSSR count). The number of aromatic nitrogens is 1. The predicted octanol–water partition coefficient (Wildman–Crippen LogP) is 6.49. The summed E-state index contributed by atoms with van der Waals surface area (Å²) in [6.45, 7) is 0.230. The Bertz CT molecular complexity index is 1130. The van der Waals surface area contributed by atoms with Crippen molar-refractivity contribution in [2.24, 2.45) is 0 Å². The van der Waals surface area contributed by atoms with Gasteiger partial charge < -0.3 is 9.47 Å². The molecule has 0 aliphatic carbocycles. The lowest BCUT2D eigenvalue weighted by Gasteiger charge is -1.99. The monoisotopic (exact) mass is 470 g/mol. The van der Waals surface area contributed by atoms with Crippen LogP contribution >= 0.6 is 38.9 Å². The molecule has 0 N–H and O–H groups in total. The number of thiazole rings is 1. The predicted molar refractivity (Wildman–Crippen MR) is 115 cm³/mol. The molecule has 0 saturated carbocycles. The Labute approximate surface area is 179 Å². The Morgan fingerprint density at radius 2 is 1.93 bits per heavy atom. The van der Waals surface area contributed by atoms with E-state index in [4.69, 9.17) is 21.1 Å². The fraction of sp³-hybridized carbons (Fsp3) is 0.0476. The van der Waals surface area contributed by atoms with Gasteiger partial charge in [-0.1, -0.05) is 39.7 Å². The van der Waals surface area contributed by atoms with E-state index in [-0.39, 0.29) is 6.79 Å². The maximum Gasteiger partial charge on any atom is 0.231 e. The van der Waals surface area contributed by atoms with Gasteiger partial charge in [0.2, 0.25) is 6.79 Å². The van der Waals surface area contributed by atoms with E-state index < -0.39 is 0 Å². The van der Waals surface area contributed by atoms with Crippen molar-refractivity contribution in [1.82, 2.24) is 4.98 Å². The van der Waals surface area contributed by atoms with Gasteiger partial charge in [0.05, 0.1) is 11.3 Å². The minimum Gasteiger partial charge on any atom is -0.454 e. The van der Waals surface area contributed by atoms with Crippen LogP contribution in [0.1, 0.15) is 10.6 Å². The SMILES string of the molecule is N#CC(=CC=C(Cl)c1ccc(Br)cc1)c1nc(-c2ccc3c(c2)OCO3)cs1. The van der Waals surface area contributed by atoms with E-state index in [0.29, 0.717) is 21.4 Å². The topological polar surface area (TPSA) is 55.1 Å². The molecule has 1 aliphatic rings. The zero-order chi connectivity index (χ0) is 19.5. The van der Waals surface area contributed by atoms with Crippen LogP contribution in [-0.2, 0) is 0 Å². The summed E-state index contributed by atoms with van der Waals surface area (Å²) in [5, 5.41) is 12.6. The molecular weight excluding hydrogens is 460 g/mol. The molecule has 1 aliphatic heterocycles. The molecule has 1 aromatic heterocycles. The number of halogens is 2. The minimum atomic E-state index is 0.230. The van der Waals surface area contributed by atoms with Crippen LogP contribution in [-0.4, -0.2) is 11.8 Å². The van der Waals surface area contributed by atoms with Crippen LogP contribution in [0.25, 0.3) is 21.9 Å². The Balaban J connectivity index is 1.59. The zero-order valence-electron chi connectivity index (χ0n) is 14.4. The Morgan fingerprint density at radius 3 is 2.71 bits per heavy atom. The van der Waals surface area contributed by atoms with Crippen molar-refractivity contribution in [3.05, 3.63) is 75.0 Å². The largest absolute Gasteiger partial charge is 0.454 e. The number of fused-ring (bicyclic) bond motifs is 1. The van der Waals surface area contributed by atoms with E-state index in [2.05, 4.69) is 27.0 Å². The second-order valence-corrected chi connectivity index (χ2v) is 8.00. The van der Waals surface area contributed by atoms with Crippen LogP contribution < -0.4 is 9.47 Å². The number of hydrogen-bond acceptors (Lipinski definition) is 5. The first-order chi connectivity index (χ1) is 13.6. The van der Waals surface area contributed by atoms with E-state index in [9.17, 15) is 5.26 Å².